The summed E-state index contributed by atoms with van der Waals surface area (Å²) in [6.45, 7) is 2.03. The fourth-order valence-electron chi connectivity index (χ4n) is 1.69. The summed E-state index contributed by atoms with van der Waals surface area (Å²) >= 11 is 7.08. The van der Waals surface area contributed by atoms with Gasteiger partial charge in [0.1, 0.15) is 0 Å². The number of rotatable bonds is 3. The second-order valence-electron chi connectivity index (χ2n) is 4.04. The quantitative estimate of drug-likeness (QED) is 0.802. The second kappa shape index (κ2) is 5.26. The molecule has 0 fully saturated rings. The number of nitrogens with zero attached hydrogens (tertiary/aromatic N) is 4. The normalized spacial score (nSPS) is 10.9. The van der Waals surface area contributed by atoms with Gasteiger partial charge in [0.2, 0.25) is 10.4 Å². The lowest BCUT2D eigenvalue weighted by molar-refractivity contribution is 0.373. The summed E-state index contributed by atoms with van der Waals surface area (Å²) in [7, 11) is 1.48. The number of H-pyrrole nitrogens is 1. The van der Waals surface area contributed by atoms with Gasteiger partial charge in [-0.3, -0.25) is 0 Å². The van der Waals surface area contributed by atoms with E-state index in [-0.39, 0.29) is 11.3 Å². The third-order valence-electron chi connectivity index (χ3n) is 2.55. The monoisotopic (exact) mass is 307 g/mol. The number of benzene rings is 1. The molecule has 0 aliphatic rings. The van der Waals surface area contributed by atoms with E-state index in [9.17, 15) is 0 Å². The minimum Gasteiger partial charge on any atom is -0.467 e. The lowest BCUT2D eigenvalue weighted by Crippen LogP contribution is -1.97. The Labute approximate surface area is 124 Å². The van der Waals surface area contributed by atoms with Gasteiger partial charge in [-0.1, -0.05) is 6.07 Å². The number of halogens is 1. The Hall–Kier alpha value is -1.86. The molecule has 0 aliphatic carbocycles. The average Bonchev–Trinajstić information content (AvgIpc) is 2.79. The maximum Gasteiger partial charge on any atom is 0.321 e. The molecule has 0 unspecified atom stereocenters. The number of aromatic amines is 1. The SMILES string of the molecule is COc1nc(Cl)nc(Sc2nc3ccc(C)cc3[nH]2)n1. The predicted molar refractivity (Wildman–Crippen MR) is 76.3 cm³/mol. The van der Waals surface area contributed by atoms with E-state index in [4.69, 9.17) is 16.3 Å². The van der Waals surface area contributed by atoms with Crippen LogP contribution in [-0.4, -0.2) is 32.0 Å². The molecule has 0 atom stereocenters. The van der Waals surface area contributed by atoms with Gasteiger partial charge in [-0.25, -0.2) is 4.98 Å². The first kappa shape index (κ1) is 13.1. The molecule has 1 aromatic carbocycles. The van der Waals surface area contributed by atoms with Gasteiger partial charge < -0.3 is 9.72 Å². The minimum absolute atomic E-state index is 0.0892. The highest BCUT2D eigenvalue weighted by Crippen LogP contribution is 2.26. The first-order valence-electron chi connectivity index (χ1n) is 5.74. The standard InChI is InChI=1S/C12H10ClN5OS/c1-6-3-4-7-8(5-6)15-11(14-7)20-12-17-9(13)16-10(18-12)19-2/h3-5H,1-2H3,(H,14,15). The molecule has 0 bridgehead atoms. The number of aromatic nitrogens is 5. The van der Waals surface area contributed by atoms with Crippen molar-refractivity contribution in [2.45, 2.75) is 17.2 Å². The summed E-state index contributed by atoms with van der Waals surface area (Å²) in [5, 5.41) is 1.21. The summed E-state index contributed by atoms with van der Waals surface area (Å²) in [5.41, 5.74) is 3.03. The molecule has 0 spiro atoms. The summed E-state index contributed by atoms with van der Waals surface area (Å²) in [5.74, 6) is 0. The van der Waals surface area contributed by atoms with Crippen LogP contribution < -0.4 is 4.74 Å². The summed E-state index contributed by atoms with van der Waals surface area (Å²) in [4.78, 5) is 19.6. The maximum atomic E-state index is 5.81. The van der Waals surface area contributed by atoms with Gasteiger partial charge >= 0.3 is 6.01 Å². The van der Waals surface area contributed by atoms with Crippen LogP contribution in [0, 0.1) is 6.92 Å². The molecule has 0 saturated heterocycles. The summed E-state index contributed by atoms with van der Waals surface area (Å²) in [6, 6.07) is 6.19. The number of imidazole rings is 1. The number of fused-ring (bicyclic) bond motifs is 1. The lowest BCUT2D eigenvalue weighted by atomic mass is 10.2. The zero-order valence-corrected chi connectivity index (χ0v) is 12.3. The van der Waals surface area contributed by atoms with Crippen molar-refractivity contribution in [1.82, 2.24) is 24.9 Å². The number of hydrogen-bond acceptors (Lipinski definition) is 6. The van der Waals surface area contributed by atoms with Crippen LogP contribution in [0.5, 0.6) is 6.01 Å². The van der Waals surface area contributed by atoms with Gasteiger partial charge in [0.05, 0.1) is 18.1 Å². The van der Waals surface area contributed by atoms with Crippen LogP contribution in [0.2, 0.25) is 5.28 Å². The molecular formula is C12H10ClN5OS. The molecule has 3 aromatic rings. The first-order valence-corrected chi connectivity index (χ1v) is 6.93. The van der Waals surface area contributed by atoms with Crippen LogP contribution in [0.25, 0.3) is 11.0 Å². The molecular weight excluding hydrogens is 298 g/mol. The molecule has 0 amide bonds. The molecule has 0 aliphatic heterocycles. The van der Waals surface area contributed by atoms with E-state index in [1.54, 1.807) is 0 Å². The number of ether oxygens (including phenoxy) is 1. The summed E-state index contributed by atoms with van der Waals surface area (Å²) < 4.78 is 4.96. The van der Waals surface area contributed by atoms with Gasteiger partial charge in [-0.2, -0.15) is 15.0 Å². The van der Waals surface area contributed by atoms with Crippen molar-refractivity contribution < 1.29 is 4.74 Å². The van der Waals surface area contributed by atoms with Gasteiger partial charge in [-0.05, 0) is 48.0 Å². The Morgan fingerprint density at radius 1 is 1.20 bits per heavy atom. The average molecular weight is 308 g/mol. The highest BCUT2D eigenvalue weighted by molar-refractivity contribution is 7.99. The Morgan fingerprint density at radius 3 is 2.85 bits per heavy atom. The van der Waals surface area contributed by atoms with Gasteiger partial charge in [0, 0.05) is 0 Å². The number of aryl methyl sites for hydroxylation is 1. The third kappa shape index (κ3) is 2.68. The number of nitrogens with one attached hydrogen (secondary N) is 1. The molecule has 2 aromatic heterocycles. The van der Waals surface area contributed by atoms with Gasteiger partial charge in [0.25, 0.3) is 0 Å². The fraction of sp³-hybridized carbons (Fsp3) is 0.167. The van der Waals surface area contributed by atoms with Gasteiger partial charge in [0.15, 0.2) is 5.16 Å². The van der Waals surface area contributed by atoms with Gasteiger partial charge in [-0.15, -0.1) is 0 Å². The number of hydrogen-bond donors (Lipinski definition) is 1. The third-order valence-corrected chi connectivity index (χ3v) is 3.47. The molecule has 20 heavy (non-hydrogen) atoms. The van der Waals surface area contributed by atoms with Crippen molar-refractivity contribution in [3.8, 4) is 6.01 Å². The molecule has 0 saturated carbocycles. The van der Waals surface area contributed by atoms with Crippen LogP contribution in [-0.2, 0) is 0 Å². The molecule has 6 nitrogen and oxygen atoms in total. The highest BCUT2D eigenvalue weighted by Gasteiger charge is 2.10. The number of methoxy groups -OCH3 is 1. The van der Waals surface area contributed by atoms with Crippen LogP contribution in [0.1, 0.15) is 5.56 Å². The van der Waals surface area contributed by atoms with Crippen LogP contribution >= 0.6 is 23.4 Å². The Morgan fingerprint density at radius 2 is 2.05 bits per heavy atom. The minimum atomic E-state index is 0.0892. The van der Waals surface area contributed by atoms with Crippen molar-refractivity contribution in [2.75, 3.05) is 7.11 Å². The first-order chi connectivity index (χ1) is 9.64. The predicted octanol–water partition coefficient (Wildman–Crippen LogP) is 2.87. The van der Waals surface area contributed by atoms with E-state index in [2.05, 4.69) is 24.9 Å². The van der Waals surface area contributed by atoms with E-state index in [1.807, 2.05) is 25.1 Å². The molecule has 8 heteroatoms. The van der Waals surface area contributed by atoms with Crippen LogP contribution in [0.4, 0.5) is 0 Å². The van der Waals surface area contributed by atoms with E-state index in [0.29, 0.717) is 10.3 Å². The second-order valence-corrected chi connectivity index (χ2v) is 5.33. The van der Waals surface area contributed by atoms with E-state index >= 15 is 0 Å². The van der Waals surface area contributed by atoms with Crippen molar-refractivity contribution in [3.05, 3.63) is 29.0 Å². The maximum absolute atomic E-state index is 5.81. The summed E-state index contributed by atoms with van der Waals surface area (Å²) in [6.07, 6.45) is 0. The molecule has 3 rings (SSSR count). The zero-order chi connectivity index (χ0) is 14.1. The van der Waals surface area contributed by atoms with Crippen LogP contribution in [0.15, 0.2) is 28.5 Å². The van der Waals surface area contributed by atoms with Crippen molar-refractivity contribution in [1.29, 1.82) is 0 Å². The Bertz CT molecular complexity index is 776. The van der Waals surface area contributed by atoms with E-state index in [0.717, 1.165) is 11.0 Å². The molecule has 2 heterocycles. The lowest BCUT2D eigenvalue weighted by Gasteiger charge is -2.00. The highest BCUT2D eigenvalue weighted by atomic mass is 35.5. The molecule has 102 valence electrons. The zero-order valence-electron chi connectivity index (χ0n) is 10.7. The smallest absolute Gasteiger partial charge is 0.321 e. The van der Waals surface area contributed by atoms with E-state index in [1.165, 1.54) is 24.4 Å². The fourth-order valence-corrected chi connectivity index (χ4v) is 2.62. The van der Waals surface area contributed by atoms with Crippen molar-refractivity contribution >= 4 is 34.4 Å². The molecule has 1 N–H and O–H groups in total. The van der Waals surface area contributed by atoms with Crippen molar-refractivity contribution in [2.24, 2.45) is 0 Å². The largest absolute Gasteiger partial charge is 0.467 e. The Balaban J connectivity index is 1.94. The van der Waals surface area contributed by atoms with E-state index < -0.39 is 0 Å². The molecule has 0 radical (unpaired) electrons. The van der Waals surface area contributed by atoms with Crippen LogP contribution in [0.3, 0.4) is 0 Å². The Kier molecular flexibility index (Phi) is 3.45. The topological polar surface area (TPSA) is 76.6 Å². The van der Waals surface area contributed by atoms with Crippen molar-refractivity contribution in [3.63, 3.8) is 0 Å².